The molecule has 0 spiro atoms. The van der Waals surface area contributed by atoms with Gasteiger partial charge in [-0.25, -0.2) is 5.57 Å². The van der Waals surface area contributed by atoms with Gasteiger partial charge in [0.2, 0.25) is 0 Å². The predicted molar refractivity (Wildman–Crippen MR) is 148 cm³/mol. The number of hydrogen-bond donors (Lipinski definition) is 0. The van der Waals surface area contributed by atoms with E-state index in [1.54, 1.807) is 0 Å². The summed E-state index contributed by atoms with van der Waals surface area (Å²) in [6, 6.07) is 26.2. The molecule has 0 saturated carbocycles. The van der Waals surface area contributed by atoms with Gasteiger partial charge in [-0.05, 0) is 0 Å². The van der Waals surface area contributed by atoms with Gasteiger partial charge in [0.25, 0.3) is 0 Å². The first kappa shape index (κ1) is 37.1. The maximum absolute atomic E-state index is 11.8. The average Bonchev–Trinajstić information content (AvgIpc) is 3.46. The van der Waals surface area contributed by atoms with Crippen molar-refractivity contribution in [3.63, 3.8) is 0 Å². The van der Waals surface area contributed by atoms with Crippen LogP contribution in [0.5, 0.6) is 0 Å². The fraction of sp³-hybridized carbons (Fsp3) is 0.273. The van der Waals surface area contributed by atoms with Crippen LogP contribution in [0.1, 0.15) is 46.6 Å². The maximum atomic E-state index is 11.8. The summed E-state index contributed by atoms with van der Waals surface area (Å²) in [6.07, 6.45) is 2.72. The molecule has 4 aromatic carbocycles. The summed E-state index contributed by atoms with van der Waals surface area (Å²) in [4.78, 5) is 0. The number of hydrogen-bond acceptors (Lipinski definition) is 0. The molecule has 0 nitrogen and oxygen atoms in total. The van der Waals surface area contributed by atoms with Gasteiger partial charge < -0.3 is 24.8 Å². The molecule has 0 aromatic heterocycles. The summed E-state index contributed by atoms with van der Waals surface area (Å²) in [5.74, 6) is 0.522. The third kappa shape index (κ3) is 10.9. The van der Waals surface area contributed by atoms with Crippen molar-refractivity contribution in [1.29, 1.82) is 0 Å². The van der Waals surface area contributed by atoms with Gasteiger partial charge in [-0.3, -0.25) is 6.08 Å². The van der Waals surface area contributed by atoms with Gasteiger partial charge in [-0.1, -0.05) is 94.3 Å². The van der Waals surface area contributed by atoms with Crippen molar-refractivity contribution in [3.05, 3.63) is 114 Å². The second kappa shape index (κ2) is 17.1. The summed E-state index contributed by atoms with van der Waals surface area (Å²) in [5, 5.41) is 5.39. The second-order valence-corrected chi connectivity index (χ2v) is 9.70. The Hall–Kier alpha value is -1.87. The molecule has 0 heterocycles. The van der Waals surface area contributed by atoms with Gasteiger partial charge in [0.05, 0.1) is 0 Å². The SMILES string of the molecule is CCC1=[C-]C(C)C=C1C(C)(C)C.FC(F)(F)c1cc[c-]cc1.[CH2]=[Zr+2].[Cl-].[Cl-].c1ccc2c(c1)[cH-]c1ccccc12. The van der Waals surface area contributed by atoms with Crippen LogP contribution in [-0.4, -0.2) is 4.21 Å². The quantitative estimate of drug-likeness (QED) is 0.275. The van der Waals surface area contributed by atoms with Crippen molar-refractivity contribution in [2.45, 2.75) is 47.2 Å². The number of alkyl halides is 3. The van der Waals surface area contributed by atoms with Crippen LogP contribution in [0, 0.1) is 23.5 Å². The largest absolute Gasteiger partial charge is 1.00 e. The summed E-state index contributed by atoms with van der Waals surface area (Å²) in [6.45, 7) is 11.2. The first-order chi connectivity index (χ1) is 17.5. The molecule has 208 valence electrons. The molecule has 1 aliphatic carbocycles. The monoisotopic (exact) mass is 647 g/mol. The topological polar surface area (TPSA) is 0 Å². The Labute approximate surface area is 258 Å². The van der Waals surface area contributed by atoms with Crippen molar-refractivity contribution in [3.8, 4) is 0 Å². The van der Waals surface area contributed by atoms with Gasteiger partial charge in [0, 0.05) is 0 Å². The number of rotatable bonds is 1. The number of halogens is 5. The van der Waals surface area contributed by atoms with Gasteiger partial charge in [-0.15, -0.1) is 39.7 Å². The standard InChI is InChI=1S/C13H9.C12H19.C7H4F3.CH2.2ClH.Zr/c1-3-7-12-10(5-1)9-11-6-2-4-8-13(11)12;1-6-10-7-9(2)8-11(10)12(3,4)5;8-7(9,10)6-4-2-1-3-5-6;;;;/h1-9H;8-9H,6H2,1-5H3;2-5H;1H2;2*1H;/q3*-1;;;;+2/p-2. The molecule has 0 fully saturated rings. The van der Waals surface area contributed by atoms with Gasteiger partial charge in [0.1, 0.15) is 0 Å². The summed E-state index contributed by atoms with van der Waals surface area (Å²) >= 11 is 1.30. The van der Waals surface area contributed by atoms with Crippen LogP contribution in [0.15, 0.2) is 96.1 Å². The van der Waals surface area contributed by atoms with Crippen LogP contribution in [0.25, 0.3) is 21.5 Å². The van der Waals surface area contributed by atoms with Crippen molar-refractivity contribution in [2.75, 3.05) is 0 Å². The Morgan fingerprint density at radius 1 is 0.846 bits per heavy atom. The molecule has 39 heavy (non-hydrogen) atoms. The van der Waals surface area contributed by atoms with E-state index in [9.17, 15) is 13.2 Å². The fourth-order valence-corrected chi connectivity index (χ4v) is 4.22. The van der Waals surface area contributed by atoms with E-state index in [1.807, 2.05) is 0 Å². The van der Waals surface area contributed by atoms with Gasteiger partial charge in [-0.2, -0.15) is 55.2 Å². The van der Waals surface area contributed by atoms with Crippen LogP contribution in [-0.2, 0) is 30.4 Å². The van der Waals surface area contributed by atoms with E-state index in [2.05, 4.69) is 112 Å². The van der Waals surface area contributed by atoms with Crippen molar-refractivity contribution in [2.24, 2.45) is 11.3 Å². The Balaban J connectivity index is 0.000000529. The van der Waals surface area contributed by atoms with Gasteiger partial charge >= 0.3 is 34.6 Å². The molecule has 0 aliphatic heterocycles. The molecule has 1 unspecified atom stereocenters. The minimum absolute atomic E-state index is 0. The van der Waals surface area contributed by atoms with E-state index in [1.165, 1.54) is 69.1 Å². The molecule has 1 aliphatic rings. The summed E-state index contributed by atoms with van der Waals surface area (Å²) < 4.78 is 38.7. The third-order valence-electron chi connectivity index (χ3n) is 5.87. The van der Waals surface area contributed by atoms with Crippen molar-refractivity contribution in [1.82, 2.24) is 0 Å². The minimum atomic E-state index is -4.23. The minimum Gasteiger partial charge on any atom is -1.00 e. The number of benzene rings is 3. The Morgan fingerprint density at radius 3 is 1.67 bits per heavy atom. The third-order valence-corrected chi connectivity index (χ3v) is 5.87. The van der Waals surface area contributed by atoms with Crippen LogP contribution in [0.2, 0.25) is 0 Å². The fourth-order valence-electron chi connectivity index (χ4n) is 4.22. The van der Waals surface area contributed by atoms with E-state index < -0.39 is 11.7 Å². The maximum Gasteiger partial charge on any atom is -0.0771 e. The molecular formula is C33H34Cl2F3Zr-3. The van der Waals surface area contributed by atoms with Crippen LogP contribution in [0.3, 0.4) is 0 Å². The molecule has 5 rings (SSSR count). The first-order valence-corrected chi connectivity index (χ1v) is 14.0. The zero-order chi connectivity index (χ0) is 27.6. The Bertz CT molecular complexity index is 1280. The molecule has 1 atom stereocenters. The Morgan fingerprint density at radius 2 is 1.31 bits per heavy atom. The van der Waals surface area contributed by atoms with E-state index in [4.69, 9.17) is 0 Å². The van der Waals surface area contributed by atoms with E-state index in [-0.39, 0.29) is 24.8 Å². The number of fused-ring (bicyclic) bond motifs is 3. The average molecular weight is 650 g/mol. The molecular weight excluding hydrogens is 615 g/mol. The van der Waals surface area contributed by atoms with Crippen LogP contribution in [0.4, 0.5) is 13.2 Å². The molecule has 0 N–H and O–H groups in total. The molecule has 6 heteroatoms. The predicted octanol–water partition coefficient (Wildman–Crippen LogP) is 3.94. The van der Waals surface area contributed by atoms with E-state index in [0.717, 1.165) is 18.6 Å². The van der Waals surface area contributed by atoms with Crippen molar-refractivity contribution >= 4 is 25.8 Å². The summed E-state index contributed by atoms with van der Waals surface area (Å²) in [5.41, 5.74) is 2.59. The number of allylic oxidation sites excluding steroid dienone is 4. The van der Waals surface area contributed by atoms with E-state index >= 15 is 0 Å². The zero-order valence-electron chi connectivity index (χ0n) is 23.0. The smallest absolute Gasteiger partial charge is 0.0771 e. The first-order valence-electron chi connectivity index (χ1n) is 12.3. The van der Waals surface area contributed by atoms with Gasteiger partial charge in [0.15, 0.2) is 0 Å². The second-order valence-electron chi connectivity index (χ2n) is 9.70. The molecule has 0 radical (unpaired) electrons. The normalized spacial score (nSPS) is 14.2. The summed E-state index contributed by atoms with van der Waals surface area (Å²) in [7, 11) is 0. The van der Waals surface area contributed by atoms with E-state index in [0.29, 0.717) is 11.3 Å². The molecule has 0 saturated heterocycles. The Kier molecular flexibility index (Phi) is 16.2. The van der Waals surface area contributed by atoms with Crippen LogP contribution >= 0.6 is 0 Å². The zero-order valence-corrected chi connectivity index (χ0v) is 26.9. The molecule has 4 aromatic rings. The van der Waals surface area contributed by atoms with Crippen molar-refractivity contribution < 1.29 is 62.2 Å². The van der Waals surface area contributed by atoms with Crippen LogP contribution < -0.4 is 24.8 Å². The molecule has 0 bridgehead atoms. The molecule has 0 amide bonds.